The molecule has 0 aliphatic heterocycles. The fourth-order valence-corrected chi connectivity index (χ4v) is 7.35. The highest BCUT2D eigenvalue weighted by Crippen LogP contribution is 2.39. The van der Waals surface area contributed by atoms with Crippen LogP contribution in [0.15, 0.2) is 115 Å². The molecule has 2 heteroatoms. The van der Waals surface area contributed by atoms with Gasteiger partial charge < -0.3 is 9.13 Å². The molecule has 0 radical (unpaired) electrons. The molecule has 5 aromatic carbocycles. The van der Waals surface area contributed by atoms with Gasteiger partial charge in [-0.05, 0) is 101 Å². The summed E-state index contributed by atoms with van der Waals surface area (Å²) in [4.78, 5) is 0. The number of hydrogen-bond acceptors (Lipinski definition) is 0. The van der Waals surface area contributed by atoms with Crippen molar-refractivity contribution in [2.24, 2.45) is 0 Å². The third kappa shape index (κ3) is 4.62. The van der Waals surface area contributed by atoms with Crippen LogP contribution in [0.25, 0.3) is 61.3 Å². The number of hydrogen-bond donors (Lipinski definition) is 0. The second-order valence-electron chi connectivity index (χ2n) is 15.1. The molecule has 46 heavy (non-hydrogen) atoms. The lowest BCUT2D eigenvalue weighted by Crippen LogP contribution is -2.10. The molecule has 1 aliphatic rings. The first-order valence-corrected chi connectivity index (χ1v) is 16.7. The van der Waals surface area contributed by atoms with Gasteiger partial charge in [0.15, 0.2) is 0 Å². The summed E-state index contributed by atoms with van der Waals surface area (Å²) in [7, 11) is 0. The standard InChI is InChI=1S/C44H42N2/c1-43(2,3)31-21-23-41-37(27-31)35-17-7-9-19-39(35)45(41)33-15-11-13-29(25-33)30-14-12-16-34(26-30)46-40-20-10-8-18-36(40)38-28-32(44(4,5)6)22-24-42(38)46/h7-9,11-19,21-28H,10,20H2,1-6H3. The Labute approximate surface area is 272 Å². The van der Waals surface area contributed by atoms with E-state index in [1.165, 1.54) is 77.6 Å². The molecule has 228 valence electrons. The largest absolute Gasteiger partial charge is 0.313 e. The van der Waals surface area contributed by atoms with Crippen molar-refractivity contribution in [1.82, 2.24) is 9.13 Å². The normalized spacial score (nSPS) is 13.6. The minimum atomic E-state index is 0.0950. The Kier molecular flexibility index (Phi) is 6.45. The Morgan fingerprint density at radius 2 is 1.07 bits per heavy atom. The second-order valence-corrected chi connectivity index (χ2v) is 15.1. The Bertz CT molecular complexity index is 2320. The minimum Gasteiger partial charge on any atom is -0.313 e. The molecule has 0 fully saturated rings. The van der Waals surface area contributed by atoms with Gasteiger partial charge in [0, 0.05) is 38.8 Å². The van der Waals surface area contributed by atoms with E-state index < -0.39 is 0 Å². The maximum Gasteiger partial charge on any atom is 0.0541 e. The predicted octanol–water partition coefficient (Wildman–Crippen LogP) is 11.9. The minimum absolute atomic E-state index is 0.0950. The molecular weight excluding hydrogens is 556 g/mol. The van der Waals surface area contributed by atoms with Gasteiger partial charge in [-0.3, -0.25) is 0 Å². The number of aromatic nitrogens is 2. The predicted molar refractivity (Wildman–Crippen MR) is 198 cm³/mol. The lowest BCUT2D eigenvalue weighted by atomic mass is 9.86. The second kappa shape index (κ2) is 10.4. The molecule has 8 rings (SSSR count). The number of nitrogens with zero attached hydrogens (tertiary/aromatic N) is 2. The molecular formula is C44H42N2. The Morgan fingerprint density at radius 3 is 1.72 bits per heavy atom. The molecule has 0 bridgehead atoms. The van der Waals surface area contributed by atoms with Crippen LogP contribution in [0.1, 0.15) is 70.3 Å². The molecule has 0 amide bonds. The third-order valence-corrected chi connectivity index (χ3v) is 9.89. The zero-order chi connectivity index (χ0) is 31.8. The zero-order valence-corrected chi connectivity index (χ0v) is 27.9. The van der Waals surface area contributed by atoms with Gasteiger partial charge in [0.1, 0.15) is 0 Å². The highest BCUT2D eigenvalue weighted by atomic mass is 15.0. The Hall–Kier alpha value is -4.82. The molecule has 0 atom stereocenters. The molecule has 0 N–H and O–H groups in total. The van der Waals surface area contributed by atoms with Crippen LogP contribution >= 0.6 is 0 Å². The summed E-state index contributed by atoms with van der Waals surface area (Å²) in [5.74, 6) is 0. The average molecular weight is 599 g/mol. The van der Waals surface area contributed by atoms with Crippen LogP contribution in [0, 0.1) is 0 Å². The van der Waals surface area contributed by atoms with Crippen LogP contribution < -0.4 is 0 Å². The van der Waals surface area contributed by atoms with Crippen molar-refractivity contribution >= 4 is 38.8 Å². The topological polar surface area (TPSA) is 9.86 Å². The van der Waals surface area contributed by atoms with Crippen LogP contribution in [0.4, 0.5) is 0 Å². The number of rotatable bonds is 3. The van der Waals surface area contributed by atoms with Crippen molar-refractivity contribution in [3.05, 3.63) is 138 Å². The molecule has 2 aromatic heterocycles. The fourth-order valence-electron chi connectivity index (χ4n) is 7.35. The summed E-state index contributed by atoms with van der Waals surface area (Å²) in [6.45, 7) is 13.8. The van der Waals surface area contributed by atoms with Crippen LogP contribution in [0.5, 0.6) is 0 Å². The van der Waals surface area contributed by atoms with Crippen LogP contribution in [0.3, 0.4) is 0 Å². The summed E-state index contributed by atoms with van der Waals surface area (Å²) in [6, 6.07) is 41.0. The summed E-state index contributed by atoms with van der Waals surface area (Å²) < 4.78 is 4.94. The summed E-state index contributed by atoms with van der Waals surface area (Å²) in [6.07, 6.45) is 6.80. The fraction of sp³-hybridized carbons (Fsp3) is 0.227. The SMILES string of the molecule is CC(C)(C)c1ccc2c(c1)c1c(n2-c2cccc(-c3cccc(-n4c5ccccc5c5cc(C(C)(C)C)ccc54)c3)c2)CCC=C1. The van der Waals surface area contributed by atoms with Crippen LogP contribution in [0.2, 0.25) is 0 Å². The quantitative estimate of drug-likeness (QED) is 0.191. The molecule has 1 aliphatic carbocycles. The van der Waals surface area contributed by atoms with Gasteiger partial charge in [0.05, 0.1) is 16.6 Å². The van der Waals surface area contributed by atoms with E-state index in [1.807, 2.05) is 0 Å². The first kappa shape index (κ1) is 28.6. The number of para-hydroxylation sites is 1. The van der Waals surface area contributed by atoms with E-state index in [4.69, 9.17) is 0 Å². The van der Waals surface area contributed by atoms with Crippen molar-refractivity contribution in [3.63, 3.8) is 0 Å². The first-order chi connectivity index (χ1) is 22.1. The van der Waals surface area contributed by atoms with Crippen LogP contribution in [-0.4, -0.2) is 9.13 Å². The maximum absolute atomic E-state index is 2.51. The van der Waals surface area contributed by atoms with Gasteiger partial charge in [-0.2, -0.15) is 0 Å². The monoisotopic (exact) mass is 598 g/mol. The van der Waals surface area contributed by atoms with Crippen molar-refractivity contribution in [3.8, 4) is 22.5 Å². The smallest absolute Gasteiger partial charge is 0.0541 e. The van der Waals surface area contributed by atoms with Crippen molar-refractivity contribution in [2.45, 2.75) is 65.2 Å². The molecule has 2 heterocycles. The Balaban J connectivity index is 1.27. The van der Waals surface area contributed by atoms with Crippen LogP contribution in [-0.2, 0) is 17.3 Å². The van der Waals surface area contributed by atoms with Crippen molar-refractivity contribution in [1.29, 1.82) is 0 Å². The van der Waals surface area contributed by atoms with Gasteiger partial charge in [0.2, 0.25) is 0 Å². The lowest BCUT2D eigenvalue weighted by molar-refractivity contribution is 0.591. The van der Waals surface area contributed by atoms with E-state index in [1.54, 1.807) is 0 Å². The van der Waals surface area contributed by atoms with Gasteiger partial charge >= 0.3 is 0 Å². The van der Waals surface area contributed by atoms with E-state index in [9.17, 15) is 0 Å². The van der Waals surface area contributed by atoms with Gasteiger partial charge in [-0.15, -0.1) is 0 Å². The number of benzene rings is 5. The highest BCUT2D eigenvalue weighted by molar-refractivity contribution is 6.09. The Morgan fingerprint density at radius 1 is 0.500 bits per heavy atom. The average Bonchev–Trinajstić information content (AvgIpc) is 3.56. The summed E-state index contributed by atoms with van der Waals surface area (Å²) >= 11 is 0. The van der Waals surface area contributed by atoms with E-state index >= 15 is 0 Å². The van der Waals surface area contributed by atoms with Gasteiger partial charge in [-0.25, -0.2) is 0 Å². The molecule has 7 aromatic rings. The number of allylic oxidation sites excluding steroid dienone is 1. The van der Waals surface area contributed by atoms with E-state index in [2.05, 4.69) is 172 Å². The van der Waals surface area contributed by atoms with Gasteiger partial charge in [-0.1, -0.05) is 108 Å². The zero-order valence-electron chi connectivity index (χ0n) is 27.9. The van der Waals surface area contributed by atoms with E-state index in [0.717, 1.165) is 12.8 Å². The van der Waals surface area contributed by atoms with Gasteiger partial charge in [0.25, 0.3) is 0 Å². The molecule has 0 saturated carbocycles. The first-order valence-electron chi connectivity index (χ1n) is 16.7. The molecule has 0 spiro atoms. The summed E-state index contributed by atoms with van der Waals surface area (Å²) in [5.41, 5.74) is 14.3. The lowest BCUT2D eigenvalue weighted by Gasteiger charge is -2.19. The molecule has 0 saturated heterocycles. The van der Waals surface area contributed by atoms with Crippen molar-refractivity contribution in [2.75, 3.05) is 0 Å². The number of fused-ring (bicyclic) bond motifs is 6. The van der Waals surface area contributed by atoms with E-state index in [-0.39, 0.29) is 10.8 Å². The summed E-state index contributed by atoms with van der Waals surface area (Å²) in [5, 5.41) is 3.96. The molecule has 0 unspecified atom stereocenters. The maximum atomic E-state index is 2.51. The van der Waals surface area contributed by atoms with Crippen molar-refractivity contribution < 1.29 is 0 Å². The highest BCUT2D eigenvalue weighted by Gasteiger charge is 2.22. The third-order valence-electron chi connectivity index (χ3n) is 9.89. The molecule has 2 nitrogen and oxygen atoms in total. The van der Waals surface area contributed by atoms with E-state index in [0.29, 0.717) is 0 Å².